The molecule has 0 spiro atoms. The highest BCUT2D eigenvalue weighted by molar-refractivity contribution is 5.97. The number of carbonyl (C=O) groups is 2. The second-order valence-electron chi connectivity index (χ2n) is 4.94. The maximum atomic E-state index is 12.6. The van der Waals surface area contributed by atoms with Crippen molar-refractivity contribution in [3.8, 4) is 11.5 Å². The lowest BCUT2D eigenvalue weighted by Crippen LogP contribution is -2.35. The third kappa shape index (κ3) is 3.65. The van der Waals surface area contributed by atoms with Crippen LogP contribution in [0.4, 0.5) is 0 Å². The van der Waals surface area contributed by atoms with Gasteiger partial charge in [-0.25, -0.2) is 0 Å². The Kier molecular flexibility index (Phi) is 4.67. The van der Waals surface area contributed by atoms with Crippen LogP contribution in [0.25, 0.3) is 0 Å². The molecule has 114 valence electrons. The smallest absolute Gasteiger partial charge is 0.305 e. The van der Waals surface area contributed by atoms with E-state index in [9.17, 15) is 9.59 Å². The molecule has 0 atom stereocenters. The van der Waals surface area contributed by atoms with Gasteiger partial charge >= 0.3 is 5.97 Å². The van der Waals surface area contributed by atoms with Crippen LogP contribution in [0.3, 0.4) is 0 Å². The molecule has 1 aliphatic carbocycles. The van der Waals surface area contributed by atoms with E-state index in [1.54, 1.807) is 30.2 Å². The first-order chi connectivity index (χ1) is 10.1. The van der Waals surface area contributed by atoms with Gasteiger partial charge in [0.25, 0.3) is 5.91 Å². The van der Waals surface area contributed by atoms with Gasteiger partial charge in [-0.2, -0.15) is 0 Å². The molecule has 0 heterocycles. The van der Waals surface area contributed by atoms with E-state index in [2.05, 4.69) is 0 Å². The molecule has 1 aromatic carbocycles. The molecule has 0 bridgehead atoms. The zero-order valence-electron chi connectivity index (χ0n) is 12.2. The minimum atomic E-state index is -0.907. The van der Waals surface area contributed by atoms with Crippen molar-refractivity contribution in [3.63, 3.8) is 0 Å². The van der Waals surface area contributed by atoms with Crippen LogP contribution in [0.15, 0.2) is 18.2 Å². The molecule has 0 saturated heterocycles. The number of rotatable bonds is 7. The summed E-state index contributed by atoms with van der Waals surface area (Å²) in [6, 6.07) is 5.13. The molecule has 1 aromatic rings. The molecule has 0 radical (unpaired) electrons. The molecule has 1 N–H and O–H groups in total. The average Bonchev–Trinajstić information content (AvgIpc) is 3.31. The predicted octanol–water partition coefficient (Wildman–Crippen LogP) is 1.78. The summed E-state index contributed by atoms with van der Waals surface area (Å²) in [4.78, 5) is 25.0. The topological polar surface area (TPSA) is 76.1 Å². The lowest BCUT2D eigenvalue weighted by atomic mass is 10.1. The molecule has 1 saturated carbocycles. The van der Waals surface area contributed by atoms with Gasteiger partial charge in [-0.3, -0.25) is 9.59 Å². The van der Waals surface area contributed by atoms with Crippen molar-refractivity contribution >= 4 is 11.9 Å². The molecular formula is C15H19NO5. The maximum Gasteiger partial charge on any atom is 0.305 e. The second kappa shape index (κ2) is 6.47. The van der Waals surface area contributed by atoms with Crippen LogP contribution >= 0.6 is 0 Å². The Bertz CT molecular complexity index is 539. The van der Waals surface area contributed by atoms with Gasteiger partial charge in [0.15, 0.2) is 0 Å². The second-order valence-corrected chi connectivity index (χ2v) is 4.94. The largest absolute Gasteiger partial charge is 0.497 e. The third-order valence-corrected chi connectivity index (χ3v) is 3.45. The third-order valence-electron chi connectivity index (χ3n) is 3.45. The highest BCUT2D eigenvalue weighted by atomic mass is 16.5. The summed E-state index contributed by atoms with van der Waals surface area (Å²) in [5, 5.41) is 8.81. The van der Waals surface area contributed by atoms with Crippen LogP contribution in [-0.2, 0) is 4.79 Å². The van der Waals surface area contributed by atoms with Crippen molar-refractivity contribution in [1.29, 1.82) is 0 Å². The van der Waals surface area contributed by atoms with Crippen LogP contribution < -0.4 is 9.47 Å². The van der Waals surface area contributed by atoms with Gasteiger partial charge in [0.1, 0.15) is 11.5 Å². The van der Waals surface area contributed by atoms with E-state index in [-0.39, 0.29) is 24.9 Å². The van der Waals surface area contributed by atoms with Gasteiger partial charge in [0, 0.05) is 18.7 Å². The summed E-state index contributed by atoms with van der Waals surface area (Å²) < 4.78 is 10.3. The average molecular weight is 293 g/mol. The first-order valence-corrected chi connectivity index (χ1v) is 6.81. The van der Waals surface area contributed by atoms with Crippen LogP contribution in [0.5, 0.6) is 11.5 Å². The van der Waals surface area contributed by atoms with Gasteiger partial charge in [0.05, 0.1) is 26.2 Å². The number of benzene rings is 1. The summed E-state index contributed by atoms with van der Waals surface area (Å²) in [7, 11) is 3.03. The first kappa shape index (κ1) is 15.2. The van der Waals surface area contributed by atoms with Gasteiger partial charge in [0.2, 0.25) is 0 Å². The van der Waals surface area contributed by atoms with E-state index in [0.717, 1.165) is 12.8 Å². The Hall–Kier alpha value is -2.24. The first-order valence-electron chi connectivity index (χ1n) is 6.81. The van der Waals surface area contributed by atoms with E-state index < -0.39 is 5.97 Å². The molecule has 0 aromatic heterocycles. The van der Waals surface area contributed by atoms with Crippen LogP contribution in [0.2, 0.25) is 0 Å². The van der Waals surface area contributed by atoms with Crippen molar-refractivity contribution in [1.82, 2.24) is 4.90 Å². The molecule has 0 aliphatic heterocycles. The van der Waals surface area contributed by atoms with E-state index in [0.29, 0.717) is 17.1 Å². The summed E-state index contributed by atoms with van der Waals surface area (Å²) in [6.45, 7) is 0.216. The van der Waals surface area contributed by atoms with E-state index in [1.807, 2.05) is 0 Å². The van der Waals surface area contributed by atoms with Crippen LogP contribution in [0.1, 0.15) is 29.6 Å². The zero-order valence-corrected chi connectivity index (χ0v) is 12.2. The number of hydrogen-bond donors (Lipinski definition) is 1. The fourth-order valence-corrected chi connectivity index (χ4v) is 2.18. The standard InChI is InChI=1S/C15H19NO5/c1-20-11-5-6-12(13(9-11)21-2)15(19)16(10-3-4-10)8-7-14(17)18/h5-6,9-10H,3-4,7-8H2,1-2H3,(H,17,18). The van der Waals surface area contributed by atoms with Gasteiger partial charge < -0.3 is 19.5 Å². The minimum Gasteiger partial charge on any atom is -0.497 e. The van der Waals surface area contributed by atoms with Gasteiger partial charge in [-0.15, -0.1) is 0 Å². The number of aliphatic carboxylic acids is 1. The Morgan fingerprint density at radius 2 is 2.00 bits per heavy atom. The van der Waals surface area contributed by atoms with Crippen molar-refractivity contribution in [3.05, 3.63) is 23.8 Å². The lowest BCUT2D eigenvalue weighted by molar-refractivity contribution is -0.137. The van der Waals surface area contributed by atoms with Crippen molar-refractivity contribution < 1.29 is 24.2 Å². The van der Waals surface area contributed by atoms with Crippen molar-refractivity contribution in [2.75, 3.05) is 20.8 Å². The van der Waals surface area contributed by atoms with Gasteiger partial charge in [-0.1, -0.05) is 0 Å². The number of ether oxygens (including phenoxy) is 2. The number of methoxy groups -OCH3 is 2. The molecule has 2 rings (SSSR count). The Morgan fingerprint density at radius 1 is 1.29 bits per heavy atom. The van der Waals surface area contributed by atoms with E-state index >= 15 is 0 Å². The predicted molar refractivity (Wildman–Crippen MR) is 75.9 cm³/mol. The van der Waals surface area contributed by atoms with Crippen molar-refractivity contribution in [2.45, 2.75) is 25.3 Å². The van der Waals surface area contributed by atoms with Gasteiger partial charge in [-0.05, 0) is 25.0 Å². The summed E-state index contributed by atoms with van der Waals surface area (Å²) in [5.74, 6) is -0.0689. The Labute approximate surface area is 123 Å². The highest BCUT2D eigenvalue weighted by Gasteiger charge is 2.34. The number of hydrogen-bond acceptors (Lipinski definition) is 4. The molecule has 1 aliphatic rings. The molecule has 21 heavy (non-hydrogen) atoms. The van der Waals surface area contributed by atoms with E-state index in [4.69, 9.17) is 14.6 Å². The van der Waals surface area contributed by atoms with Crippen molar-refractivity contribution in [2.24, 2.45) is 0 Å². The summed E-state index contributed by atoms with van der Waals surface area (Å²) >= 11 is 0. The Balaban J connectivity index is 2.21. The molecule has 0 unspecified atom stereocenters. The summed E-state index contributed by atoms with van der Waals surface area (Å²) in [6.07, 6.45) is 1.79. The monoisotopic (exact) mass is 293 g/mol. The van der Waals surface area contributed by atoms with Crippen LogP contribution in [0, 0.1) is 0 Å². The maximum absolute atomic E-state index is 12.6. The quantitative estimate of drug-likeness (QED) is 0.829. The zero-order chi connectivity index (χ0) is 15.4. The number of amides is 1. The molecule has 1 fully saturated rings. The molecule has 1 amide bonds. The van der Waals surface area contributed by atoms with Crippen LogP contribution in [-0.4, -0.2) is 48.7 Å². The van der Waals surface area contributed by atoms with E-state index in [1.165, 1.54) is 7.11 Å². The fourth-order valence-electron chi connectivity index (χ4n) is 2.18. The number of carboxylic acids is 1. The summed E-state index contributed by atoms with van der Waals surface area (Å²) in [5.41, 5.74) is 0.426. The Morgan fingerprint density at radius 3 is 2.52 bits per heavy atom. The normalized spacial score (nSPS) is 13.6. The number of carboxylic acid groups (broad SMARTS) is 1. The minimum absolute atomic E-state index is 0.0549. The highest BCUT2D eigenvalue weighted by Crippen LogP contribution is 2.31. The molecular weight excluding hydrogens is 274 g/mol. The molecule has 6 heteroatoms. The molecule has 6 nitrogen and oxygen atoms in total. The SMILES string of the molecule is COc1ccc(C(=O)N(CCC(=O)O)C2CC2)c(OC)c1. The number of carbonyl (C=O) groups excluding carboxylic acids is 1. The number of nitrogens with zero attached hydrogens (tertiary/aromatic N) is 1. The fraction of sp³-hybridized carbons (Fsp3) is 0.467. The lowest BCUT2D eigenvalue weighted by Gasteiger charge is -2.22.